The van der Waals surface area contributed by atoms with Crippen LogP contribution in [0.2, 0.25) is 0 Å². The molecule has 0 aliphatic rings. The van der Waals surface area contributed by atoms with E-state index in [1.807, 2.05) is 38.1 Å². The fourth-order valence-corrected chi connectivity index (χ4v) is 3.07. The van der Waals surface area contributed by atoms with Crippen molar-refractivity contribution in [1.29, 1.82) is 0 Å². The van der Waals surface area contributed by atoms with Gasteiger partial charge >= 0.3 is 0 Å². The molecule has 6 heteroatoms. The average Bonchev–Trinajstić information content (AvgIpc) is 2.79. The summed E-state index contributed by atoms with van der Waals surface area (Å²) in [4.78, 5) is 26.0. The van der Waals surface area contributed by atoms with Crippen LogP contribution in [0.15, 0.2) is 60.7 Å². The third-order valence-electron chi connectivity index (χ3n) is 4.89. The molecule has 2 aromatic rings. The number of carbonyl (C=O) groups is 2. The molecule has 0 aliphatic heterocycles. The Labute approximate surface area is 178 Å². The van der Waals surface area contributed by atoms with Gasteiger partial charge in [0.1, 0.15) is 11.4 Å². The van der Waals surface area contributed by atoms with Gasteiger partial charge in [-0.15, -0.1) is 0 Å². The number of nitrogens with zero attached hydrogens (tertiary/aromatic N) is 1. The van der Waals surface area contributed by atoms with Crippen molar-refractivity contribution in [2.45, 2.75) is 58.0 Å². The van der Waals surface area contributed by atoms with E-state index >= 15 is 0 Å². The summed E-state index contributed by atoms with van der Waals surface area (Å²) in [6, 6.07) is 17.8. The minimum Gasteiger partial charge on any atom is -0.484 e. The van der Waals surface area contributed by atoms with Crippen LogP contribution < -0.4 is 15.2 Å². The first-order valence-corrected chi connectivity index (χ1v) is 10.6. The smallest absolute Gasteiger partial charge is 0.283 e. The summed E-state index contributed by atoms with van der Waals surface area (Å²) in [6.07, 6.45) is 3.90. The Bertz CT molecular complexity index is 772. The molecule has 0 bridgehead atoms. The van der Waals surface area contributed by atoms with Gasteiger partial charge in [-0.3, -0.25) is 15.0 Å². The summed E-state index contributed by atoms with van der Waals surface area (Å²) in [7, 11) is 0. The van der Waals surface area contributed by atoms with Crippen LogP contribution in [0.4, 0.5) is 5.69 Å². The number of benzene rings is 2. The number of aliphatic hydroxyl groups is 1. The minimum atomic E-state index is -1.51. The zero-order valence-corrected chi connectivity index (χ0v) is 17.8. The molecule has 2 amide bonds. The van der Waals surface area contributed by atoms with Crippen LogP contribution in [0.3, 0.4) is 0 Å². The van der Waals surface area contributed by atoms with Gasteiger partial charge < -0.3 is 9.84 Å². The maximum atomic E-state index is 13.0. The highest BCUT2D eigenvalue weighted by Gasteiger charge is 2.36. The van der Waals surface area contributed by atoms with Gasteiger partial charge in [0.2, 0.25) is 0 Å². The van der Waals surface area contributed by atoms with Crippen LogP contribution >= 0.6 is 0 Å². The molecule has 0 unspecified atom stereocenters. The van der Waals surface area contributed by atoms with E-state index < -0.39 is 17.4 Å². The highest BCUT2D eigenvalue weighted by molar-refractivity contribution is 5.98. The minimum absolute atomic E-state index is 0.248. The number of hydrogen-bond donors (Lipinski definition) is 2. The third kappa shape index (κ3) is 6.88. The Morgan fingerprint density at radius 1 is 0.933 bits per heavy atom. The van der Waals surface area contributed by atoms with Crippen LogP contribution in [0.1, 0.15) is 52.4 Å². The molecule has 0 aliphatic carbocycles. The monoisotopic (exact) mass is 412 g/mol. The second kappa shape index (κ2) is 12.0. The van der Waals surface area contributed by atoms with Gasteiger partial charge in [-0.05, 0) is 37.1 Å². The lowest BCUT2D eigenvalue weighted by atomic mass is 9.90. The van der Waals surface area contributed by atoms with Crippen molar-refractivity contribution in [3.63, 3.8) is 0 Å². The van der Waals surface area contributed by atoms with E-state index in [2.05, 4.69) is 5.43 Å². The molecule has 0 radical (unpaired) electrons. The van der Waals surface area contributed by atoms with Crippen molar-refractivity contribution in [3.05, 3.63) is 60.7 Å². The van der Waals surface area contributed by atoms with E-state index in [0.29, 0.717) is 24.3 Å². The third-order valence-corrected chi connectivity index (χ3v) is 4.89. The largest absolute Gasteiger partial charge is 0.484 e. The number of rotatable bonds is 11. The Morgan fingerprint density at radius 2 is 1.47 bits per heavy atom. The zero-order valence-electron chi connectivity index (χ0n) is 17.8. The zero-order chi connectivity index (χ0) is 21.8. The van der Waals surface area contributed by atoms with Gasteiger partial charge in [0.05, 0.1) is 5.69 Å². The normalized spacial score (nSPS) is 11.0. The molecule has 0 heterocycles. The highest BCUT2D eigenvalue weighted by atomic mass is 16.5. The number of ether oxygens (including phenoxy) is 1. The molecule has 0 aromatic heterocycles. The fourth-order valence-electron chi connectivity index (χ4n) is 3.07. The Balaban J connectivity index is 2.17. The molecule has 0 saturated heterocycles. The fraction of sp³-hybridized carbons (Fsp3) is 0.417. The predicted molar refractivity (Wildman–Crippen MR) is 118 cm³/mol. The highest BCUT2D eigenvalue weighted by Crippen LogP contribution is 2.23. The van der Waals surface area contributed by atoms with Gasteiger partial charge in [-0.25, -0.2) is 5.01 Å². The molecular weight excluding hydrogens is 380 g/mol. The second-order valence-corrected chi connectivity index (χ2v) is 7.35. The van der Waals surface area contributed by atoms with Crippen LogP contribution in [0, 0.1) is 0 Å². The summed E-state index contributed by atoms with van der Waals surface area (Å²) in [6.45, 7) is 3.78. The molecule has 30 heavy (non-hydrogen) atoms. The van der Waals surface area contributed by atoms with E-state index in [0.717, 1.165) is 30.7 Å². The van der Waals surface area contributed by atoms with Crippen LogP contribution in [0.25, 0.3) is 0 Å². The van der Waals surface area contributed by atoms with Crippen LogP contribution in [-0.2, 0) is 9.59 Å². The summed E-state index contributed by atoms with van der Waals surface area (Å²) in [5.74, 6) is -0.444. The van der Waals surface area contributed by atoms with Crippen LogP contribution in [0.5, 0.6) is 5.75 Å². The quantitative estimate of drug-likeness (QED) is 0.541. The number of nitrogens with one attached hydrogen (secondary N) is 1. The number of unbranched alkanes of at least 4 members (excludes halogenated alkanes) is 2. The van der Waals surface area contributed by atoms with Crippen molar-refractivity contribution in [1.82, 2.24) is 5.43 Å². The van der Waals surface area contributed by atoms with Gasteiger partial charge in [-0.2, -0.15) is 0 Å². The number of amides is 2. The van der Waals surface area contributed by atoms with E-state index in [4.69, 9.17) is 4.74 Å². The van der Waals surface area contributed by atoms with Crippen molar-refractivity contribution in [2.75, 3.05) is 11.6 Å². The van der Waals surface area contributed by atoms with E-state index in [1.165, 1.54) is 0 Å². The van der Waals surface area contributed by atoms with E-state index in [-0.39, 0.29) is 6.61 Å². The maximum Gasteiger partial charge on any atom is 0.283 e. The lowest BCUT2D eigenvalue weighted by Crippen LogP contribution is -2.56. The molecule has 2 N–H and O–H groups in total. The summed E-state index contributed by atoms with van der Waals surface area (Å²) in [5.41, 5.74) is 1.63. The summed E-state index contributed by atoms with van der Waals surface area (Å²) >= 11 is 0. The number of hydrogen-bond acceptors (Lipinski definition) is 4. The molecule has 0 saturated carbocycles. The Kier molecular flexibility index (Phi) is 9.35. The number of anilines is 1. The van der Waals surface area contributed by atoms with Gasteiger partial charge in [0.15, 0.2) is 6.61 Å². The standard InChI is InChI=1S/C24H32N2O4/c1-3-5-17-24(29,18-6-4-2)23(28)25-26(20-13-9-7-10-14-20)22(27)19-30-21-15-11-8-12-16-21/h7-16,29H,3-6,17-19H2,1-2H3,(H,25,28). The van der Waals surface area contributed by atoms with Crippen molar-refractivity contribution < 1.29 is 19.4 Å². The summed E-state index contributed by atoms with van der Waals surface area (Å²) < 4.78 is 5.56. The molecular formula is C24H32N2O4. The SMILES string of the molecule is CCCCC(O)(CCCC)C(=O)NN(C(=O)COc1ccccc1)c1ccccc1. The van der Waals surface area contributed by atoms with E-state index in [9.17, 15) is 14.7 Å². The van der Waals surface area contributed by atoms with Crippen molar-refractivity contribution in [3.8, 4) is 5.75 Å². The molecule has 0 spiro atoms. The van der Waals surface area contributed by atoms with E-state index in [1.54, 1.807) is 36.4 Å². The number of para-hydroxylation sites is 2. The molecule has 6 nitrogen and oxygen atoms in total. The Morgan fingerprint density at radius 3 is 2.00 bits per heavy atom. The van der Waals surface area contributed by atoms with Gasteiger partial charge in [0.25, 0.3) is 11.8 Å². The second-order valence-electron chi connectivity index (χ2n) is 7.35. The van der Waals surface area contributed by atoms with Crippen molar-refractivity contribution >= 4 is 17.5 Å². The molecule has 0 atom stereocenters. The number of hydrazine groups is 1. The molecule has 2 aromatic carbocycles. The van der Waals surface area contributed by atoms with Crippen LogP contribution in [-0.4, -0.2) is 29.1 Å². The topological polar surface area (TPSA) is 78.9 Å². The lowest BCUT2D eigenvalue weighted by Gasteiger charge is -2.31. The number of carbonyl (C=O) groups excluding carboxylic acids is 2. The van der Waals surface area contributed by atoms with Gasteiger partial charge in [-0.1, -0.05) is 75.9 Å². The van der Waals surface area contributed by atoms with Crippen molar-refractivity contribution in [2.24, 2.45) is 0 Å². The first-order valence-electron chi connectivity index (χ1n) is 10.6. The maximum absolute atomic E-state index is 13.0. The molecule has 0 fully saturated rings. The Hall–Kier alpha value is -2.86. The summed E-state index contributed by atoms with van der Waals surface area (Å²) in [5, 5.41) is 12.2. The first kappa shape index (κ1) is 23.4. The first-order chi connectivity index (χ1) is 14.5. The molecule has 162 valence electrons. The molecule has 2 rings (SSSR count). The predicted octanol–water partition coefficient (Wildman–Crippen LogP) is 4.24. The lowest BCUT2D eigenvalue weighted by molar-refractivity contribution is -0.143. The van der Waals surface area contributed by atoms with Gasteiger partial charge in [0, 0.05) is 0 Å². The average molecular weight is 413 g/mol.